The number of likely N-dealkylation sites (N-methyl/N-ethyl adjacent to an activating group) is 1. The van der Waals surface area contributed by atoms with Crippen LogP contribution in [0.5, 0.6) is 0 Å². The third-order valence-electron chi connectivity index (χ3n) is 4.51. The van der Waals surface area contributed by atoms with Crippen LogP contribution in [0.4, 0.5) is 0 Å². The predicted molar refractivity (Wildman–Crippen MR) is 113 cm³/mol. The standard InChI is InChI=1S/C22H27N5O2/c1-16(18(3)19-8-6-5-7-9-19)14-20(15-17(2)21(28)23-4)22(29)24-10-12-27-13-11-25-26-27/h5-9,11,13-15,18H,1,10,12H2,2-4H3,(H,23,28)(H,24,29)/b17-15+,20-14+. The first-order chi connectivity index (χ1) is 13.9. The fraction of sp³-hybridized carbons (Fsp3) is 0.273. The number of hydrogen-bond donors (Lipinski definition) is 2. The minimum Gasteiger partial charge on any atom is -0.355 e. The number of amides is 2. The summed E-state index contributed by atoms with van der Waals surface area (Å²) in [5.74, 6) is -0.495. The SMILES string of the molecule is C=C(/C=C(\C=C(/C)C(=O)NC)C(=O)NCCn1ccnn1)C(C)c1ccccc1. The number of aromatic nitrogens is 3. The summed E-state index contributed by atoms with van der Waals surface area (Å²) in [5, 5.41) is 13.0. The van der Waals surface area contributed by atoms with Crippen LogP contribution in [0.15, 0.2) is 78.2 Å². The van der Waals surface area contributed by atoms with Crippen molar-refractivity contribution in [2.45, 2.75) is 26.3 Å². The van der Waals surface area contributed by atoms with Crippen molar-refractivity contribution < 1.29 is 9.59 Å². The van der Waals surface area contributed by atoms with Crippen LogP contribution >= 0.6 is 0 Å². The smallest absolute Gasteiger partial charge is 0.251 e. The van der Waals surface area contributed by atoms with Crippen molar-refractivity contribution in [1.29, 1.82) is 0 Å². The highest BCUT2D eigenvalue weighted by molar-refractivity contribution is 6.00. The Morgan fingerprint density at radius 1 is 1.21 bits per heavy atom. The maximum absolute atomic E-state index is 12.8. The van der Waals surface area contributed by atoms with E-state index in [4.69, 9.17) is 0 Å². The molecule has 0 aliphatic rings. The van der Waals surface area contributed by atoms with Crippen molar-refractivity contribution in [2.24, 2.45) is 0 Å². The Bertz CT molecular complexity index is 899. The summed E-state index contributed by atoms with van der Waals surface area (Å²) in [6.07, 6.45) is 6.61. The highest BCUT2D eigenvalue weighted by atomic mass is 16.2. The lowest BCUT2D eigenvalue weighted by Gasteiger charge is -2.14. The van der Waals surface area contributed by atoms with E-state index in [1.54, 1.807) is 43.2 Å². The molecule has 0 fully saturated rings. The summed E-state index contributed by atoms with van der Waals surface area (Å²) in [7, 11) is 1.55. The molecule has 0 bridgehead atoms. The molecule has 0 saturated heterocycles. The van der Waals surface area contributed by atoms with Crippen molar-refractivity contribution in [2.75, 3.05) is 13.6 Å². The van der Waals surface area contributed by atoms with Crippen LogP contribution in [-0.2, 0) is 16.1 Å². The Labute approximate surface area is 171 Å². The zero-order valence-electron chi connectivity index (χ0n) is 17.1. The first kappa shape index (κ1) is 21.8. The van der Waals surface area contributed by atoms with Gasteiger partial charge in [0, 0.05) is 36.9 Å². The predicted octanol–water partition coefficient (Wildman–Crippen LogP) is 2.37. The molecule has 29 heavy (non-hydrogen) atoms. The fourth-order valence-corrected chi connectivity index (χ4v) is 2.69. The van der Waals surface area contributed by atoms with Crippen LogP contribution in [0.3, 0.4) is 0 Å². The van der Waals surface area contributed by atoms with Gasteiger partial charge in [0.25, 0.3) is 5.91 Å². The second-order valence-corrected chi connectivity index (χ2v) is 6.64. The van der Waals surface area contributed by atoms with E-state index < -0.39 is 0 Å². The van der Waals surface area contributed by atoms with E-state index in [0.717, 1.165) is 11.1 Å². The van der Waals surface area contributed by atoms with E-state index in [2.05, 4.69) is 27.5 Å². The van der Waals surface area contributed by atoms with Gasteiger partial charge in [0.2, 0.25) is 5.91 Å². The fourth-order valence-electron chi connectivity index (χ4n) is 2.69. The number of carbonyl (C=O) groups is 2. The van der Waals surface area contributed by atoms with Gasteiger partial charge in [-0.3, -0.25) is 14.3 Å². The van der Waals surface area contributed by atoms with E-state index in [-0.39, 0.29) is 17.7 Å². The number of benzene rings is 1. The second kappa shape index (κ2) is 10.8. The number of hydrogen-bond acceptors (Lipinski definition) is 4. The Morgan fingerprint density at radius 3 is 2.55 bits per heavy atom. The Kier molecular flexibility index (Phi) is 8.09. The maximum Gasteiger partial charge on any atom is 0.251 e. The van der Waals surface area contributed by atoms with Crippen molar-refractivity contribution in [1.82, 2.24) is 25.6 Å². The van der Waals surface area contributed by atoms with Gasteiger partial charge >= 0.3 is 0 Å². The summed E-state index contributed by atoms with van der Waals surface area (Å²) in [4.78, 5) is 24.7. The van der Waals surface area contributed by atoms with Gasteiger partial charge in [0.15, 0.2) is 0 Å². The lowest BCUT2D eigenvalue weighted by molar-refractivity contribution is -0.117. The molecule has 1 aromatic carbocycles. The van der Waals surface area contributed by atoms with Gasteiger partial charge in [-0.15, -0.1) is 5.10 Å². The van der Waals surface area contributed by atoms with E-state index in [0.29, 0.717) is 24.2 Å². The minimum atomic E-state index is -0.283. The Hall–Kier alpha value is -3.48. The molecular formula is C22H27N5O2. The summed E-state index contributed by atoms with van der Waals surface area (Å²) >= 11 is 0. The summed E-state index contributed by atoms with van der Waals surface area (Å²) in [6, 6.07) is 9.94. The second-order valence-electron chi connectivity index (χ2n) is 6.64. The lowest BCUT2D eigenvalue weighted by atomic mass is 9.92. The van der Waals surface area contributed by atoms with Crippen LogP contribution in [0.2, 0.25) is 0 Å². The quantitative estimate of drug-likeness (QED) is 0.506. The van der Waals surface area contributed by atoms with Crippen LogP contribution in [-0.4, -0.2) is 40.4 Å². The molecule has 7 heteroatoms. The Balaban J connectivity index is 2.18. The average Bonchev–Trinajstić information content (AvgIpc) is 3.25. The third kappa shape index (κ3) is 6.57. The first-order valence-corrected chi connectivity index (χ1v) is 9.40. The monoisotopic (exact) mass is 393 g/mol. The summed E-state index contributed by atoms with van der Waals surface area (Å²) < 4.78 is 1.63. The molecule has 0 aliphatic carbocycles. The van der Waals surface area contributed by atoms with Gasteiger partial charge < -0.3 is 10.6 Å². The molecule has 0 aliphatic heterocycles. The number of rotatable bonds is 9. The van der Waals surface area contributed by atoms with Gasteiger partial charge in [0.05, 0.1) is 12.7 Å². The lowest BCUT2D eigenvalue weighted by Crippen LogP contribution is -2.29. The molecule has 2 N–H and O–H groups in total. The largest absolute Gasteiger partial charge is 0.355 e. The normalized spacial score (nSPS) is 12.9. The molecule has 1 heterocycles. The molecule has 1 aromatic heterocycles. The van der Waals surface area contributed by atoms with E-state index >= 15 is 0 Å². The molecular weight excluding hydrogens is 366 g/mol. The molecule has 0 spiro atoms. The number of allylic oxidation sites excluding steroid dienone is 2. The minimum absolute atomic E-state index is 0.0304. The van der Waals surface area contributed by atoms with Crippen molar-refractivity contribution in [3.63, 3.8) is 0 Å². The summed E-state index contributed by atoms with van der Waals surface area (Å²) in [5.41, 5.74) is 2.69. The van der Waals surface area contributed by atoms with Crippen molar-refractivity contribution in [3.05, 3.63) is 83.7 Å². The zero-order valence-corrected chi connectivity index (χ0v) is 17.1. The highest BCUT2D eigenvalue weighted by Crippen LogP contribution is 2.24. The van der Waals surface area contributed by atoms with Crippen molar-refractivity contribution in [3.8, 4) is 0 Å². The topological polar surface area (TPSA) is 88.9 Å². The molecule has 1 atom stereocenters. The van der Waals surface area contributed by atoms with Gasteiger partial charge in [0.1, 0.15) is 0 Å². The first-order valence-electron chi connectivity index (χ1n) is 9.40. The third-order valence-corrected chi connectivity index (χ3v) is 4.51. The van der Waals surface area contributed by atoms with E-state index in [9.17, 15) is 9.59 Å². The Morgan fingerprint density at radius 2 is 1.93 bits per heavy atom. The molecule has 2 amide bonds. The van der Waals surface area contributed by atoms with Crippen molar-refractivity contribution >= 4 is 11.8 Å². The van der Waals surface area contributed by atoms with Gasteiger partial charge in [-0.25, -0.2) is 0 Å². The van der Waals surface area contributed by atoms with Gasteiger partial charge in [-0.2, -0.15) is 0 Å². The molecule has 0 saturated carbocycles. The van der Waals surface area contributed by atoms with Gasteiger partial charge in [-0.1, -0.05) is 49.0 Å². The van der Waals surface area contributed by atoms with Crippen LogP contribution in [0.25, 0.3) is 0 Å². The molecule has 7 nitrogen and oxygen atoms in total. The summed E-state index contributed by atoms with van der Waals surface area (Å²) in [6.45, 7) is 8.72. The van der Waals surface area contributed by atoms with Gasteiger partial charge in [-0.05, 0) is 30.2 Å². The molecule has 2 aromatic rings. The van der Waals surface area contributed by atoms with Crippen LogP contribution < -0.4 is 10.6 Å². The number of carbonyl (C=O) groups excluding carboxylic acids is 2. The van der Waals surface area contributed by atoms with Crippen LogP contribution in [0.1, 0.15) is 25.3 Å². The molecule has 0 radical (unpaired) electrons. The highest BCUT2D eigenvalue weighted by Gasteiger charge is 2.13. The van der Waals surface area contributed by atoms with Crippen LogP contribution in [0, 0.1) is 0 Å². The molecule has 2 rings (SSSR count). The van der Waals surface area contributed by atoms with E-state index in [1.807, 2.05) is 37.3 Å². The molecule has 152 valence electrons. The van der Waals surface area contributed by atoms with E-state index in [1.165, 1.54) is 0 Å². The average molecular weight is 393 g/mol. The number of nitrogens with one attached hydrogen (secondary N) is 2. The maximum atomic E-state index is 12.8. The number of nitrogens with zero attached hydrogens (tertiary/aromatic N) is 3. The zero-order chi connectivity index (χ0) is 21.2. The molecule has 1 unspecified atom stereocenters.